The predicted octanol–water partition coefficient (Wildman–Crippen LogP) is 5.81. The molecular weight excluding hydrogens is 382 g/mol. The van der Waals surface area contributed by atoms with E-state index in [0.29, 0.717) is 30.2 Å². The number of nitrogens with one attached hydrogen (secondary N) is 1. The van der Waals surface area contributed by atoms with E-state index >= 15 is 0 Å². The van der Waals surface area contributed by atoms with Gasteiger partial charge in [0.05, 0.1) is 0 Å². The Balaban J connectivity index is 1.85. The number of carbonyl (C=O) groups excluding carboxylic acids is 1. The van der Waals surface area contributed by atoms with E-state index in [4.69, 9.17) is 16.6 Å². The lowest BCUT2D eigenvalue weighted by Crippen LogP contribution is -2.39. The van der Waals surface area contributed by atoms with Crippen LogP contribution < -0.4 is 10.2 Å². The van der Waals surface area contributed by atoms with Gasteiger partial charge in [-0.15, -0.1) is 11.6 Å². The van der Waals surface area contributed by atoms with Crippen LogP contribution in [0.1, 0.15) is 88.7 Å². The highest BCUT2D eigenvalue weighted by atomic mass is 35.5. The standard InChI is InChI=1S/C24H40ClN3O/c1-5-6-8-18(2)22-15-23(26-16-19(22)3)28(4)17-20-10-12-21(13-11-20)27-24(29)9-7-14-25/h15-16,18,20-21H,5-14,17H2,1-4H3,(H,27,29). The van der Waals surface area contributed by atoms with Crippen LogP contribution in [0.2, 0.25) is 0 Å². The smallest absolute Gasteiger partial charge is 0.220 e. The van der Waals surface area contributed by atoms with Crippen molar-refractivity contribution in [2.75, 3.05) is 24.4 Å². The predicted molar refractivity (Wildman–Crippen MR) is 124 cm³/mol. The number of pyridine rings is 1. The van der Waals surface area contributed by atoms with Gasteiger partial charge in [-0.1, -0.05) is 26.7 Å². The monoisotopic (exact) mass is 421 g/mol. The van der Waals surface area contributed by atoms with Crippen LogP contribution in [0.4, 0.5) is 5.82 Å². The maximum Gasteiger partial charge on any atom is 0.220 e. The minimum absolute atomic E-state index is 0.153. The number of nitrogens with zero attached hydrogens (tertiary/aromatic N) is 2. The molecule has 0 spiro atoms. The molecule has 1 saturated carbocycles. The Morgan fingerprint density at radius 3 is 2.69 bits per heavy atom. The Kier molecular flexibility index (Phi) is 10.3. The van der Waals surface area contributed by atoms with Gasteiger partial charge in [-0.05, 0) is 74.5 Å². The van der Waals surface area contributed by atoms with E-state index < -0.39 is 0 Å². The summed E-state index contributed by atoms with van der Waals surface area (Å²) in [6.45, 7) is 7.80. The lowest BCUT2D eigenvalue weighted by atomic mass is 9.85. The van der Waals surface area contributed by atoms with Gasteiger partial charge >= 0.3 is 0 Å². The first kappa shape index (κ1) is 24.0. The number of amides is 1. The molecule has 1 heterocycles. The first-order chi connectivity index (χ1) is 13.9. The van der Waals surface area contributed by atoms with Crippen molar-refractivity contribution < 1.29 is 4.79 Å². The third-order valence-electron chi connectivity index (χ3n) is 6.32. The van der Waals surface area contributed by atoms with Crippen molar-refractivity contribution >= 4 is 23.3 Å². The average Bonchev–Trinajstić information content (AvgIpc) is 2.72. The number of rotatable bonds is 11. The van der Waals surface area contributed by atoms with Gasteiger partial charge in [0.1, 0.15) is 5.82 Å². The molecule has 0 radical (unpaired) electrons. The Morgan fingerprint density at radius 1 is 1.31 bits per heavy atom. The van der Waals surface area contributed by atoms with E-state index in [0.717, 1.165) is 44.5 Å². The molecule has 29 heavy (non-hydrogen) atoms. The lowest BCUT2D eigenvalue weighted by molar-refractivity contribution is -0.122. The van der Waals surface area contributed by atoms with E-state index in [9.17, 15) is 4.79 Å². The molecule has 0 bridgehead atoms. The summed E-state index contributed by atoms with van der Waals surface area (Å²) < 4.78 is 0. The van der Waals surface area contributed by atoms with Crippen molar-refractivity contribution in [3.63, 3.8) is 0 Å². The van der Waals surface area contributed by atoms with E-state index in [-0.39, 0.29) is 5.91 Å². The molecule has 1 unspecified atom stereocenters. The second-order valence-corrected chi connectivity index (χ2v) is 9.28. The topological polar surface area (TPSA) is 45.2 Å². The van der Waals surface area contributed by atoms with Crippen LogP contribution in [0.15, 0.2) is 12.3 Å². The molecule has 1 aromatic rings. The number of aryl methyl sites for hydroxylation is 1. The second-order valence-electron chi connectivity index (χ2n) is 8.90. The zero-order chi connectivity index (χ0) is 21.2. The van der Waals surface area contributed by atoms with Gasteiger partial charge in [-0.3, -0.25) is 4.79 Å². The van der Waals surface area contributed by atoms with Crippen molar-refractivity contribution in [1.82, 2.24) is 10.3 Å². The van der Waals surface area contributed by atoms with Gasteiger partial charge in [-0.25, -0.2) is 4.98 Å². The number of anilines is 1. The van der Waals surface area contributed by atoms with E-state index in [1.165, 1.54) is 30.4 Å². The zero-order valence-electron chi connectivity index (χ0n) is 18.8. The first-order valence-electron chi connectivity index (χ1n) is 11.5. The van der Waals surface area contributed by atoms with Crippen LogP contribution in [0.5, 0.6) is 0 Å². The molecular formula is C24H40ClN3O. The number of hydrogen-bond acceptors (Lipinski definition) is 3. The highest BCUT2D eigenvalue weighted by Crippen LogP contribution is 2.29. The number of hydrogen-bond donors (Lipinski definition) is 1. The normalized spacial score (nSPS) is 20.3. The number of alkyl halides is 1. The molecule has 1 amide bonds. The molecule has 1 aliphatic carbocycles. The maximum absolute atomic E-state index is 11.9. The minimum Gasteiger partial charge on any atom is -0.359 e. The fourth-order valence-electron chi connectivity index (χ4n) is 4.43. The summed E-state index contributed by atoms with van der Waals surface area (Å²) in [4.78, 5) is 18.9. The Hall–Kier alpha value is -1.29. The lowest BCUT2D eigenvalue weighted by Gasteiger charge is -2.32. The molecule has 1 aliphatic rings. The number of halogens is 1. The molecule has 4 nitrogen and oxygen atoms in total. The van der Waals surface area contributed by atoms with Crippen molar-refractivity contribution in [2.24, 2.45) is 5.92 Å². The molecule has 0 aliphatic heterocycles. The molecule has 1 fully saturated rings. The van der Waals surface area contributed by atoms with Crippen LogP contribution in [0, 0.1) is 12.8 Å². The SMILES string of the molecule is CCCCC(C)c1cc(N(C)CC2CCC(NC(=O)CCCCl)CC2)ncc1C. The Labute approximate surface area is 182 Å². The largest absolute Gasteiger partial charge is 0.359 e. The zero-order valence-corrected chi connectivity index (χ0v) is 19.6. The van der Waals surface area contributed by atoms with Gasteiger partial charge in [0.15, 0.2) is 0 Å². The van der Waals surface area contributed by atoms with Crippen molar-refractivity contribution in [1.29, 1.82) is 0 Å². The molecule has 1 N–H and O–H groups in total. The van der Waals surface area contributed by atoms with Gasteiger partial charge in [-0.2, -0.15) is 0 Å². The molecule has 0 aromatic carbocycles. The van der Waals surface area contributed by atoms with Crippen LogP contribution in [-0.2, 0) is 4.79 Å². The fraction of sp³-hybridized carbons (Fsp3) is 0.750. The molecule has 1 aromatic heterocycles. The Morgan fingerprint density at radius 2 is 2.03 bits per heavy atom. The minimum atomic E-state index is 0.153. The highest BCUT2D eigenvalue weighted by Gasteiger charge is 2.24. The van der Waals surface area contributed by atoms with E-state index in [2.05, 4.69) is 44.1 Å². The van der Waals surface area contributed by atoms with Crippen LogP contribution >= 0.6 is 11.6 Å². The van der Waals surface area contributed by atoms with Crippen molar-refractivity contribution in [2.45, 2.75) is 90.5 Å². The third kappa shape index (κ3) is 7.81. The summed E-state index contributed by atoms with van der Waals surface area (Å²) in [6.07, 6.45) is 11.6. The van der Waals surface area contributed by atoms with Crippen molar-refractivity contribution in [3.8, 4) is 0 Å². The molecule has 0 saturated heterocycles. The number of aromatic nitrogens is 1. The number of unbranched alkanes of at least 4 members (excludes halogenated alkanes) is 1. The quantitative estimate of drug-likeness (QED) is 0.458. The average molecular weight is 422 g/mol. The van der Waals surface area contributed by atoms with Gasteiger partial charge in [0.25, 0.3) is 0 Å². The van der Waals surface area contributed by atoms with Crippen LogP contribution in [-0.4, -0.2) is 36.4 Å². The van der Waals surface area contributed by atoms with Crippen molar-refractivity contribution in [3.05, 3.63) is 23.4 Å². The Bertz CT molecular complexity index is 629. The van der Waals surface area contributed by atoms with Gasteiger partial charge in [0.2, 0.25) is 5.91 Å². The summed E-state index contributed by atoms with van der Waals surface area (Å²) in [7, 11) is 2.16. The van der Waals surface area contributed by atoms with Gasteiger partial charge in [0, 0.05) is 38.1 Å². The summed E-state index contributed by atoms with van der Waals surface area (Å²) in [5.41, 5.74) is 2.75. The fourth-order valence-corrected chi connectivity index (χ4v) is 4.56. The maximum atomic E-state index is 11.9. The van der Waals surface area contributed by atoms with E-state index in [1.54, 1.807) is 0 Å². The summed E-state index contributed by atoms with van der Waals surface area (Å²) in [5.74, 6) is 3.05. The second kappa shape index (κ2) is 12.4. The summed E-state index contributed by atoms with van der Waals surface area (Å²) in [6, 6.07) is 2.64. The van der Waals surface area contributed by atoms with Crippen LogP contribution in [0.25, 0.3) is 0 Å². The van der Waals surface area contributed by atoms with E-state index in [1.807, 2.05) is 6.20 Å². The first-order valence-corrected chi connectivity index (χ1v) is 12.0. The highest BCUT2D eigenvalue weighted by molar-refractivity contribution is 6.17. The third-order valence-corrected chi connectivity index (χ3v) is 6.59. The van der Waals surface area contributed by atoms with Crippen LogP contribution in [0.3, 0.4) is 0 Å². The molecule has 1 atom stereocenters. The molecule has 164 valence electrons. The van der Waals surface area contributed by atoms with Gasteiger partial charge < -0.3 is 10.2 Å². The molecule has 2 rings (SSSR count). The molecule has 5 heteroatoms. The summed E-state index contributed by atoms with van der Waals surface area (Å²) >= 11 is 5.67. The summed E-state index contributed by atoms with van der Waals surface area (Å²) in [5, 5.41) is 3.18. The number of carbonyl (C=O) groups is 1.